The molecule has 0 bridgehead atoms. The van der Waals surface area contributed by atoms with Gasteiger partial charge in [0.15, 0.2) is 11.6 Å². The molecule has 4 rings (SSSR count). The topological polar surface area (TPSA) is 76.4 Å². The molecule has 0 atom stereocenters. The van der Waals surface area contributed by atoms with Crippen LogP contribution in [-0.4, -0.2) is 63.3 Å². The number of hydrogen-bond acceptors (Lipinski definition) is 6. The number of rotatable bonds is 4. The SMILES string of the molecule is Cc1ccn(-c2ccc(N3CCN(C(=O)c4ccccc4OC(F)(F)F)CC3)nn2)n1. The Labute approximate surface area is 175 Å². The number of carbonyl (C=O) groups is 1. The van der Waals surface area contributed by atoms with Gasteiger partial charge in [-0.1, -0.05) is 12.1 Å². The number of benzene rings is 1. The van der Waals surface area contributed by atoms with Crippen LogP contribution >= 0.6 is 0 Å². The standard InChI is InChI=1S/C20H19F3N6O2/c1-14-8-9-29(26-14)18-7-6-17(24-25-18)27-10-12-28(13-11-27)19(30)15-4-2-3-5-16(15)31-20(21,22)23/h2-9H,10-13H2,1H3. The first-order valence-electron chi connectivity index (χ1n) is 9.55. The lowest BCUT2D eigenvalue weighted by Crippen LogP contribution is -2.49. The summed E-state index contributed by atoms with van der Waals surface area (Å²) in [6, 6.07) is 10.9. The van der Waals surface area contributed by atoms with E-state index in [2.05, 4.69) is 20.0 Å². The molecule has 1 fully saturated rings. The van der Waals surface area contributed by atoms with Crippen LogP contribution in [0.3, 0.4) is 0 Å². The van der Waals surface area contributed by atoms with Gasteiger partial charge in [0.05, 0.1) is 11.3 Å². The van der Waals surface area contributed by atoms with Crippen molar-refractivity contribution < 1.29 is 22.7 Å². The Balaban J connectivity index is 1.40. The summed E-state index contributed by atoms with van der Waals surface area (Å²) in [4.78, 5) is 16.2. The van der Waals surface area contributed by atoms with Gasteiger partial charge in [-0.3, -0.25) is 4.79 Å². The first-order chi connectivity index (χ1) is 14.8. The molecule has 8 nitrogen and oxygen atoms in total. The number of halogens is 3. The van der Waals surface area contributed by atoms with E-state index in [0.29, 0.717) is 37.8 Å². The number of carbonyl (C=O) groups excluding carboxylic acids is 1. The molecule has 3 heterocycles. The molecule has 0 spiro atoms. The van der Waals surface area contributed by atoms with Crippen molar-refractivity contribution >= 4 is 11.7 Å². The fourth-order valence-corrected chi connectivity index (χ4v) is 3.32. The van der Waals surface area contributed by atoms with E-state index in [1.165, 1.54) is 23.1 Å². The highest BCUT2D eigenvalue weighted by atomic mass is 19.4. The van der Waals surface area contributed by atoms with E-state index in [-0.39, 0.29) is 5.56 Å². The molecule has 1 aromatic carbocycles. The average Bonchev–Trinajstić information content (AvgIpc) is 3.19. The third-order valence-corrected chi connectivity index (χ3v) is 4.83. The number of amides is 1. The number of ether oxygens (including phenoxy) is 1. The lowest BCUT2D eigenvalue weighted by molar-refractivity contribution is -0.274. The third kappa shape index (κ3) is 4.76. The average molecular weight is 432 g/mol. The van der Waals surface area contributed by atoms with E-state index < -0.39 is 18.0 Å². The number of hydrogen-bond donors (Lipinski definition) is 0. The second-order valence-electron chi connectivity index (χ2n) is 6.97. The zero-order valence-corrected chi connectivity index (χ0v) is 16.6. The second-order valence-corrected chi connectivity index (χ2v) is 6.97. The summed E-state index contributed by atoms with van der Waals surface area (Å²) in [7, 11) is 0. The minimum atomic E-state index is -4.87. The quantitative estimate of drug-likeness (QED) is 0.631. The summed E-state index contributed by atoms with van der Waals surface area (Å²) < 4.78 is 43.5. The Bertz CT molecular complexity index is 1060. The molecule has 2 aromatic heterocycles. The molecule has 1 amide bonds. The first-order valence-corrected chi connectivity index (χ1v) is 9.55. The van der Waals surface area contributed by atoms with Crippen molar-refractivity contribution in [2.75, 3.05) is 31.1 Å². The molecular weight excluding hydrogens is 413 g/mol. The second kappa shape index (κ2) is 8.25. The first kappa shape index (κ1) is 20.6. The number of para-hydroxylation sites is 1. The van der Waals surface area contributed by atoms with E-state index in [9.17, 15) is 18.0 Å². The highest BCUT2D eigenvalue weighted by Crippen LogP contribution is 2.27. The molecule has 0 aliphatic carbocycles. The van der Waals surface area contributed by atoms with Crippen molar-refractivity contribution in [3.63, 3.8) is 0 Å². The Morgan fingerprint density at radius 2 is 1.65 bits per heavy atom. The normalized spacial score (nSPS) is 14.6. The maximum atomic E-state index is 12.8. The van der Waals surface area contributed by atoms with Gasteiger partial charge in [0.1, 0.15) is 5.75 Å². The zero-order valence-electron chi connectivity index (χ0n) is 16.6. The maximum absolute atomic E-state index is 12.8. The van der Waals surface area contributed by atoms with E-state index in [1.54, 1.807) is 16.9 Å². The van der Waals surface area contributed by atoms with E-state index in [4.69, 9.17) is 0 Å². The van der Waals surface area contributed by atoms with Crippen molar-refractivity contribution in [1.29, 1.82) is 0 Å². The number of alkyl halides is 3. The Kier molecular flexibility index (Phi) is 5.49. The lowest BCUT2D eigenvalue weighted by atomic mass is 10.1. The summed E-state index contributed by atoms with van der Waals surface area (Å²) in [5, 5.41) is 12.7. The zero-order chi connectivity index (χ0) is 22.0. The summed E-state index contributed by atoms with van der Waals surface area (Å²) in [6.07, 6.45) is -3.07. The number of piperazine rings is 1. The maximum Gasteiger partial charge on any atom is 0.573 e. The van der Waals surface area contributed by atoms with Crippen molar-refractivity contribution in [2.24, 2.45) is 0 Å². The van der Waals surface area contributed by atoms with E-state index >= 15 is 0 Å². The van der Waals surface area contributed by atoms with Crippen LogP contribution in [0, 0.1) is 6.92 Å². The van der Waals surface area contributed by atoms with Gasteiger partial charge in [-0.15, -0.1) is 23.4 Å². The summed E-state index contributed by atoms with van der Waals surface area (Å²) in [5.41, 5.74) is 0.751. The van der Waals surface area contributed by atoms with Crippen LogP contribution in [0.1, 0.15) is 16.1 Å². The number of aromatic nitrogens is 4. The van der Waals surface area contributed by atoms with Crippen molar-refractivity contribution in [1.82, 2.24) is 24.9 Å². The summed E-state index contributed by atoms with van der Waals surface area (Å²) in [5.74, 6) is 0.236. The molecule has 3 aromatic rings. The van der Waals surface area contributed by atoms with Gasteiger partial charge in [0, 0.05) is 32.4 Å². The van der Waals surface area contributed by atoms with Crippen LogP contribution in [0.4, 0.5) is 19.0 Å². The van der Waals surface area contributed by atoms with Gasteiger partial charge in [-0.25, -0.2) is 4.68 Å². The molecule has 1 aliphatic heterocycles. The van der Waals surface area contributed by atoms with Gasteiger partial charge in [-0.05, 0) is 37.3 Å². The monoisotopic (exact) mass is 432 g/mol. The summed E-state index contributed by atoms with van der Waals surface area (Å²) >= 11 is 0. The predicted molar refractivity (Wildman–Crippen MR) is 105 cm³/mol. The third-order valence-electron chi connectivity index (χ3n) is 4.83. The predicted octanol–water partition coefficient (Wildman–Crippen LogP) is 2.83. The van der Waals surface area contributed by atoms with Crippen LogP contribution in [0.2, 0.25) is 0 Å². The van der Waals surface area contributed by atoms with Crippen molar-refractivity contribution in [3.8, 4) is 11.6 Å². The minimum Gasteiger partial charge on any atom is -0.405 e. The minimum absolute atomic E-state index is 0.119. The molecule has 0 unspecified atom stereocenters. The Hall–Kier alpha value is -3.63. The van der Waals surface area contributed by atoms with Crippen molar-refractivity contribution in [3.05, 3.63) is 59.9 Å². The largest absolute Gasteiger partial charge is 0.573 e. The van der Waals surface area contributed by atoms with Gasteiger partial charge < -0.3 is 14.5 Å². The molecule has 162 valence electrons. The van der Waals surface area contributed by atoms with Crippen LogP contribution < -0.4 is 9.64 Å². The molecule has 11 heteroatoms. The van der Waals surface area contributed by atoms with E-state index in [1.807, 2.05) is 24.0 Å². The Morgan fingerprint density at radius 1 is 0.968 bits per heavy atom. The molecule has 1 aliphatic rings. The van der Waals surface area contributed by atoms with Gasteiger partial charge in [-0.2, -0.15) is 5.10 Å². The fraction of sp³-hybridized carbons (Fsp3) is 0.300. The molecule has 0 radical (unpaired) electrons. The smallest absolute Gasteiger partial charge is 0.405 e. The van der Waals surface area contributed by atoms with Crippen LogP contribution in [0.15, 0.2) is 48.7 Å². The Morgan fingerprint density at radius 3 is 2.26 bits per heavy atom. The number of nitrogens with zero attached hydrogens (tertiary/aromatic N) is 6. The molecule has 1 saturated heterocycles. The summed E-state index contributed by atoms with van der Waals surface area (Å²) in [6.45, 7) is 3.50. The highest BCUT2D eigenvalue weighted by Gasteiger charge is 2.34. The van der Waals surface area contributed by atoms with Gasteiger partial charge >= 0.3 is 6.36 Å². The van der Waals surface area contributed by atoms with Gasteiger partial charge in [0.2, 0.25) is 0 Å². The van der Waals surface area contributed by atoms with Crippen LogP contribution in [0.25, 0.3) is 5.82 Å². The van der Waals surface area contributed by atoms with Crippen molar-refractivity contribution in [2.45, 2.75) is 13.3 Å². The van der Waals surface area contributed by atoms with E-state index in [0.717, 1.165) is 11.8 Å². The van der Waals surface area contributed by atoms with Crippen LogP contribution in [-0.2, 0) is 0 Å². The number of aryl methyl sites for hydroxylation is 1. The highest BCUT2D eigenvalue weighted by molar-refractivity contribution is 5.97. The van der Waals surface area contributed by atoms with Crippen LogP contribution in [0.5, 0.6) is 5.75 Å². The molecule has 0 N–H and O–H groups in total. The molecular formula is C20H19F3N6O2. The molecule has 0 saturated carbocycles. The lowest BCUT2D eigenvalue weighted by Gasteiger charge is -2.35. The molecule has 31 heavy (non-hydrogen) atoms. The fourth-order valence-electron chi connectivity index (χ4n) is 3.32. The van der Waals surface area contributed by atoms with Gasteiger partial charge in [0.25, 0.3) is 5.91 Å². The number of anilines is 1.